The van der Waals surface area contributed by atoms with Crippen molar-refractivity contribution in [1.82, 2.24) is 4.98 Å². The molecule has 1 aromatic carbocycles. The maximum Gasteiger partial charge on any atom is 0.309 e. The summed E-state index contributed by atoms with van der Waals surface area (Å²) in [4.78, 5) is 18.8. The Hall–Kier alpha value is -2.36. The minimum Gasteiger partial charge on any atom is -0.469 e. The van der Waals surface area contributed by atoms with Crippen LogP contribution in [0.25, 0.3) is 0 Å². The Balaban J connectivity index is 1.56. The van der Waals surface area contributed by atoms with Crippen LogP contribution in [0.15, 0.2) is 30.3 Å². The highest BCUT2D eigenvalue weighted by atomic mass is 16.5. The van der Waals surface area contributed by atoms with E-state index in [-0.39, 0.29) is 5.97 Å². The highest BCUT2D eigenvalue weighted by molar-refractivity contribution is 5.72. The molecule has 26 heavy (non-hydrogen) atoms. The Labute approximate surface area is 155 Å². The molecule has 1 saturated heterocycles. The highest BCUT2D eigenvalue weighted by Crippen LogP contribution is 2.30. The Bertz CT molecular complexity index is 793. The van der Waals surface area contributed by atoms with Gasteiger partial charge in [0.2, 0.25) is 0 Å². The number of rotatable bonds is 5. The first kappa shape index (κ1) is 17.1. The maximum atomic E-state index is 11.4. The van der Waals surface area contributed by atoms with Gasteiger partial charge in [-0.15, -0.1) is 0 Å². The quantitative estimate of drug-likeness (QED) is 0.775. The number of esters is 1. The molecule has 0 atom stereocenters. The molecule has 1 aliphatic heterocycles. The smallest absolute Gasteiger partial charge is 0.309 e. The third-order valence-electron chi connectivity index (χ3n) is 5.55. The summed E-state index contributed by atoms with van der Waals surface area (Å²) < 4.78 is 4.74. The molecule has 0 saturated carbocycles. The summed E-state index contributed by atoms with van der Waals surface area (Å²) in [5.74, 6) is 0.973. The Morgan fingerprint density at radius 3 is 2.54 bits per heavy atom. The summed E-state index contributed by atoms with van der Waals surface area (Å²) in [5, 5.41) is 0. The minimum atomic E-state index is -0.194. The molecule has 2 heterocycles. The molecule has 4 heteroatoms. The van der Waals surface area contributed by atoms with Crippen LogP contribution in [0, 0.1) is 0 Å². The molecule has 1 aromatic heterocycles. The molecular weight excluding hydrogens is 324 g/mol. The first-order valence-electron chi connectivity index (χ1n) is 9.64. The molecule has 4 rings (SSSR count). The van der Waals surface area contributed by atoms with Crippen LogP contribution < -0.4 is 4.90 Å². The molecule has 1 aliphatic carbocycles. The maximum absolute atomic E-state index is 11.4. The van der Waals surface area contributed by atoms with Crippen LogP contribution >= 0.6 is 0 Å². The van der Waals surface area contributed by atoms with Crippen molar-refractivity contribution in [2.45, 2.75) is 44.9 Å². The predicted molar refractivity (Wildman–Crippen MR) is 103 cm³/mol. The number of carbonyl (C=O) groups is 1. The number of aromatic nitrogens is 1. The minimum absolute atomic E-state index is 0.194. The second kappa shape index (κ2) is 7.48. The van der Waals surface area contributed by atoms with Gasteiger partial charge in [0.25, 0.3) is 0 Å². The van der Waals surface area contributed by atoms with Gasteiger partial charge in [0, 0.05) is 18.8 Å². The molecule has 0 spiro atoms. The largest absolute Gasteiger partial charge is 0.469 e. The van der Waals surface area contributed by atoms with E-state index >= 15 is 0 Å². The molecule has 0 amide bonds. The highest BCUT2D eigenvalue weighted by Gasteiger charge is 2.21. The van der Waals surface area contributed by atoms with Crippen LogP contribution in [0.1, 0.15) is 47.2 Å². The molecule has 136 valence electrons. The molecule has 2 aromatic rings. The number of pyridine rings is 1. The molecule has 2 aliphatic rings. The Morgan fingerprint density at radius 1 is 1.08 bits per heavy atom. The lowest BCUT2D eigenvalue weighted by Gasteiger charge is -2.19. The van der Waals surface area contributed by atoms with Crippen molar-refractivity contribution in [3.8, 4) is 0 Å². The lowest BCUT2D eigenvalue weighted by atomic mass is 9.98. The van der Waals surface area contributed by atoms with Gasteiger partial charge in [-0.2, -0.15) is 0 Å². The van der Waals surface area contributed by atoms with Crippen molar-refractivity contribution in [3.05, 3.63) is 58.3 Å². The Morgan fingerprint density at radius 2 is 1.81 bits per heavy atom. The van der Waals surface area contributed by atoms with Crippen LogP contribution in [0.3, 0.4) is 0 Å². The fourth-order valence-electron chi connectivity index (χ4n) is 4.11. The summed E-state index contributed by atoms with van der Waals surface area (Å²) in [6, 6.07) is 10.7. The average molecular weight is 350 g/mol. The van der Waals surface area contributed by atoms with E-state index in [1.807, 2.05) is 12.1 Å². The normalized spacial score (nSPS) is 16.0. The SMILES string of the molecule is COC(=O)Cc1ccc(Cc2cc(N3CCCC3)nc3c2CCC3)cc1. The summed E-state index contributed by atoms with van der Waals surface area (Å²) in [6.07, 6.45) is 7.30. The van der Waals surface area contributed by atoms with E-state index < -0.39 is 0 Å². The lowest BCUT2D eigenvalue weighted by molar-refractivity contribution is -0.139. The van der Waals surface area contributed by atoms with Gasteiger partial charge < -0.3 is 9.64 Å². The van der Waals surface area contributed by atoms with Crippen molar-refractivity contribution in [2.75, 3.05) is 25.1 Å². The van der Waals surface area contributed by atoms with Crippen LogP contribution in [-0.2, 0) is 35.2 Å². The lowest BCUT2D eigenvalue weighted by Crippen LogP contribution is -2.20. The average Bonchev–Trinajstić information content (AvgIpc) is 3.34. The van der Waals surface area contributed by atoms with Crippen LogP contribution in [0.4, 0.5) is 5.82 Å². The van der Waals surface area contributed by atoms with E-state index in [4.69, 9.17) is 9.72 Å². The zero-order chi connectivity index (χ0) is 17.9. The van der Waals surface area contributed by atoms with Gasteiger partial charge in [0.1, 0.15) is 5.82 Å². The number of ether oxygens (including phenoxy) is 1. The van der Waals surface area contributed by atoms with Crippen LogP contribution in [0.5, 0.6) is 0 Å². The molecular formula is C22H26N2O2. The van der Waals surface area contributed by atoms with E-state index in [0.717, 1.165) is 37.9 Å². The number of methoxy groups -OCH3 is 1. The third kappa shape index (κ3) is 3.59. The number of benzene rings is 1. The van der Waals surface area contributed by atoms with Gasteiger partial charge in [-0.3, -0.25) is 4.79 Å². The van der Waals surface area contributed by atoms with Crippen molar-refractivity contribution >= 4 is 11.8 Å². The number of fused-ring (bicyclic) bond motifs is 1. The van der Waals surface area contributed by atoms with E-state index in [0.29, 0.717) is 6.42 Å². The first-order chi connectivity index (χ1) is 12.7. The predicted octanol–water partition coefficient (Wildman–Crippen LogP) is 3.48. The van der Waals surface area contributed by atoms with Gasteiger partial charge in [-0.05, 0) is 66.8 Å². The van der Waals surface area contributed by atoms with Gasteiger partial charge in [0.05, 0.1) is 13.5 Å². The molecule has 0 N–H and O–H groups in total. The van der Waals surface area contributed by atoms with Crippen molar-refractivity contribution in [2.24, 2.45) is 0 Å². The molecule has 0 radical (unpaired) electrons. The van der Waals surface area contributed by atoms with Crippen molar-refractivity contribution < 1.29 is 9.53 Å². The summed E-state index contributed by atoms with van der Waals surface area (Å²) in [6.45, 7) is 2.26. The number of aryl methyl sites for hydroxylation is 1. The molecule has 0 bridgehead atoms. The van der Waals surface area contributed by atoms with Crippen LogP contribution in [-0.4, -0.2) is 31.2 Å². The number of anilines is 1. The number of carbonyl (C=O) groups excluding carboxylic acids is 1. The van der Waals surface area contributed by atoms with E-state index in [1.165, 1.54) is 54.6 Å². The van der Waals surface area contributed by atoms with Crippen molar-refractivity contribution in [3.63, 3.8) is 0 Å². The topological polar surface area (TPSA) is 42.4 Å². The number of nitrogens with zero attached hydrogens (tertiary/aromatic N) is 2. The van der Waals surface area contributed by atoms with E-state index in [2.05, 4.69) is 23.1 Å². The van der Waals surface area contributed by atoms with Gasteiger partial charge in [-0.25, -0.2) is 4.98 Å². The molecule has 0 unspecified atom stereocenters. The summed E-state index contributed by atoms with van der Waals surface area (Å²) >= 11 is 0. The van der Waals surface area contributed by atoms with Gasteiger partial charge in [-0.1, -0.05) is 24.3 Å². The standard InChI is InChI=1S/C22H26N2O2/c1-26-22(25)14-17-9-7-16(8-10-17)13-18-15-21(24-11-2-3-12-24)23-20-6-4-5-19(18)20/h7-10,15H,2-6,11-14H2,1H3. The fourth-order valence-corrected chi connectivity index (χ4v) is 4.11. The van der Waals surface area contributed by atoms with E-state index in [9.17, 15) is 4.79 Å². The third-order valence-corrected chi connectivity index (χ3v) is 5.55. The fraction of sp³-hybridized carbons (Fsp3) is 0.455. The van der Waals surface area contributed by atoms with Crippen molar-refractivity contribution in [1.29, 1.82) is 0 Å². The van der Waals surface area contributed by atoms with Crippen LogP contribution in [0.2, 0.25) is 0 Å². The zero-order valence-corrected chi connectivity index (χ0v) is 15.5. The second-order valence-electron chi connectivity index (χ2n) is 7.36. The number of hydrogen-bond donors (Lipinski definition) is 0. The number of hydrogen-bond acceptors (Lipinski definition) is 4. The van der Waals surface area contributed by atoms with Gasteiger partial charge in [0.15, 0.2) is 0 Å². The van der Waals surface area contributed by atoms with Gasteiger partial charge >= 0.3 is 5.97 Å². The summed E-state index contributed by atoms with van der Waals surface area (Å²) in [7, 11) is 1.43. The van der Waals surface area contributed by atoms with E-state index in [1.54, 1.807) is 0 Å². The molecule has 1 fully saturated rings. The summed E-state index contributed by atoms with van der Waals surface area (Å²) in [5.41, 5.74) is 6.48. The second-order valence-corrected chi connectivity index (χ2v) is 7.36. The molecule has 4 nitrogen and oxygen atoms in total. The Kier molecular flexibility index (Phi) is 4.91. The zero-order valence-electron chi connectivity index (χ0n) is 15.5. The first-order valence-corrected chi connectivity index (χ1v) is 9.64. The monoisotopic (exact) mass is 350 g/mol.